The molecule has 0 saturated carbocycles. The van der Waals surface area contributed by atoms with Gasteiger partial charge in [-0.25, -0.2) is 0 Å². The number of hydrogen-bond donors (Lipinski definition) is 1. The number of carbonyl (C=O) groups excluding carboxylic acids is 1. The summed E-state index contributed by atoms with van der Waals surface area (Å²) >= 11 is 0. The number of aryl methyl sites for hydroxylation is 1. The van der Waals surface area contributed by atoms with Gasteiger partial charge in [0.2, 0.25) is 5.91 Å². The lowest BCUT2D eigenvalue weighted by atomic mass is 10.1. The lowest BCUT2D eigenvalue weighted by Crippen LogP contribution is -2.44. The van der Waals surface area contributed by atoms with Crippen LogP contribution in [-0.2, 0) is 9.53 Å². The maximum absolute atomic E-state index is 12.4. The van der Waals surface area contributed by atoms with Gasteiger partial charge in [-0.3, -0.25) is 14.4 Å². The summed E-state index contributed by atoms with van der Waals surface area (Å²) in [6.07, 6.45) is 3.46. The average molecular weight is 332 g/mol. The van der Waals surface area contributed by atoms with Crippen LogP contribution >= 0.6 is 0 Å². The van der Waals surface area contributed by atoms with Gasteiger partial charge in [0.1, 0.15) is 17.6 Å². The lowest BCUT2D eigenvalue weighted by Gasteiger charge is -2.33. The third kappa shape index (κ3) is 3.85. The molecule has 0 radical (unpaired) electrons. The number of rotatable bonds is 6. The van der Waals surface area contributed by atoms with Gasteiger partial charge in [-0.05, 0) is 32.0 Å². The van der Waals surface area contributed by atoms with E-state index in [-0.39, 0.29) is 18.0 Å². The van der Waals surface area contributed by atoms with Crippen molar-refractivity contribution >= 4 is 5.91 Å². The standard InChI is InChI=1S/C17H24N4O3/c1-13-4-5-16(24-13)15(20-8-10-23-11-9-20)12-18-17(22)14(2)21-7-3-6-19-21/h3-7,14-15H,8-12H2,1-2H3,(H,18,22)/t14-,15-/m1/s1. The van der Waals surface area contributed by atoms with Gasteiger partial charge in [0, 0.05) is 32.0 Å². The molecule has 3 rings (SSSR count). The molecule has 7 heteroatoms. The van der Waals surface area contributed by atoms with E-state index in [1.54, 1.807) is 17.1 Å². The first-order valence-corrected chi connectivity index (χ1v) is 8.30. The summed E-state index contributed by atoms with van der Waals surface area (Å²) in [5, 5.41) is 7.16. The fraction of sp³-hybridized carbons (Fsp3) is 0.529. The molecule has 0 unspecified atom stereocenters. The normalized spacial score (nSPS) is 18.2. The zero-order valence-corrected chi connectivity index (χ0v) is 14.1. The molecule has 0 spiro atoms. The first-order chi connectivity index (χ1) is 11.6. The van der Waals surface area contributed by atoms with Gasteiger partial charge >= 0.3 is 0 Å². The number of morpholine rings is 1. The van der Waals surface area contributed by atoms with E-state index in [0.29, 0.717) is 19.8 Å². The highest BCUT2D eigenvalue weighted by Gasteiger charge is 2.26. The van der Waals surface area contributed by atoms with Gasteiger partial charge < -0.3 is 14.5 Å². The largest absolute Gasteiger partial charge is 0.465 e. The zero-order valence-electron chi connectivity index (χ0n) is 14.1. The summed E-state index contributed by atoms with van der Waals surface area (Å²) < 4.78 is 12.9. The fourth-order valence-corrected chi connectivity index (χ4v) is 2.91. The van der Waals surface area contributed by atoms with E-state index in [4.69, 9.17) is 9.15 Å². The number of ether oxygens (including phenoxy) is 1. The third-order valence-corrected chi connectivity index (χ3v) is 4.35. The predicted octanol–water partition coefficient (Wildman–Crippen LogP) is 1.54. The summed E-state index contributed by atoms with van der Waals surface area (Å²) in [7, 11) is 0. The van der Waals surface area contributed by atoms with E-state index in [2.05, 4.69) is 15.3 Å². The molecule has 1 N–H and O–H groups in total. The molecular weight excluding hydrogens is 308 g/mol. The van der Waals surface area contributed by atoms with Crippen LogP contribution in [0.1, 0.15) is 30.5 Å². The van der Waals surface area contributed by atoms with E-state index in [0.717, 1.165) is 24.6 Å². The van der Waals surface area contributed by atoms with E-state index in [1.165, 1.54) is 0 Å². The van der Waals surface area contributed by atoms with Crippen LogP contribution in [0, 0.1) is 6.92 Å². The van der Waals surface area contributed by atoms with Gasteiger partial charge in [0.15, 0.2) is 0 Å². The van der Waals surface area contributed by atoms with Crippen LogP contribution in [0.4, 0.5) is 0 Å². The number of nitrogens with zero attached hydrogens (tertiary/aromatic N) is 3. The molecule has 3 heterocycles. The van der Waals surface area contributed by atoms with Crippen LogP contribution in [0.15, 0.2) is 35.0 Å². The minimum absolute atomic E-state index is 0.0105. The Balaban J connectivity index is 1.66. The van der Waals surface area contributed by atoms with Gasteiger partial charge in [-0.1, -0.05) is 0 Å². The quantitative estimate of drug-likeness (QED) is 0.869. The second kappa shape index (κ2) is 7.63. The molecule has 2 aromatic heterocycles. The molecule has 7 nitrogen and oxygen atoms in total. The van der Waals surface area contributed by atoms with Crippen LogP contribution in [0.5, 0.6) is 0 Å². The molecule has 2 atom stereocenters. The molecule has 130 valence electrons. The van der Waals surface area contributed by atoms with Crippen LogP contribution in [0.25, 0.3) is 0 Å². The van der Waals surface area contributed by atoms with Gasteiger partial charge in [-0.2, -0.15) is 5.10 Å². The highest BCUT2D eigenvalue weighted by molar-refractivity contribution is 5.79. The van der Waals surface area contributed by atoms with Crippen LogP contribution in [0.3, 0.4) is 0 Å². The summed E-state index contributed by atoms with van der Waals surface area (Å²) in [4.78, 5) is 14.7. The monoisotopic (exact) mass is 332 g/mol. The van der Waals surface area contributed by atoms with Crippen LogP contribution in [-0.4, -0.2) is 53.4 Å². The molecule has 0 aliphatic carbocycles. The zero-order chi connectivity index (χ0) is 16.9. The molecule has 1 saturated heterocycles. The average Bonchev–Trinajstić information content (AvgIpc) is 3.27. The molecular formula is C17H24N4O3. The fourth-order valence-electron chi connectivity index (χ4n) is 2.91. The molecule has 1 aliphatic rings. The number of aromatic nitrogens is 2. The molecule has 1 amide bonds. The Labute approximate surface area is 141 Å². The Morgan fingerprint density at radius 2 is 2.17 bits per heavy atom. The third-order valence-electron chi connectivity index (χ3n) is 4.35. The topological polar surface area (TPSA) is 72.5 Å². The van der Waals surface area contributed by atoms with Gasteiger partial charge in [0.25, 0.3) is 0 Å². The van der Waals surface area contributed by atoms with Crippen molar-refractivity contribution in [3.8, 4) is 0 Å². The lowest BCUT2D eigenvalue weighted by molar-refractivity contribution is -0.124. The van der Waals surface area contributed by atoms with E-state index in [9.17, 15) is 4.79 Å². The molecule has 24 heavy (non-hydrogen) atoms. The molecule has 0 bridgehead atoms. The number of carbonyl (C=O) groups is 1. The summed E-state index contributed by atoms with van der Waals surface area (Å²) in [6, 6.07) is 5.42. The smallest absolute Gasteiger partial charge is 0.244 e. The highest BCUT2D eigenvalue weighted by Crippen LogP contribution is 2.23. The highest BCUT2D eigenvalue weighted by atomic mass is 16.5. The predicted molar refractivity (Wildman–Crippen MR) is 88.5 cm³/mol. The first-order valence-electron chi connectivity index (χ1n) is 8.30. The molecule has 2 aromatic rings. The Morgan fingerprint density at radius 1 is 1.38 bits per heavy atom. The van der Waals surface area contributed by atoms with Crippen molar-refractivity contribution in [1.29, 1.82) is 0 Å². The summed E-state index contributed by atoms with van der Waals surface area (Å²) in [5.74, 6) is 1.70. The van der Waals surface area contributed by atoms with Crippen molar-refractivity contribution in [1.82, 2.24) is 20.0 Å². The SMILES string of the molecule is Cc1ccc([C@@H](CNC(=O)[C@@H](C)n2cccn2)N2CCOCC2)o1. The number of hydrogen-bond acceptors (Lipinski definition) is 5. The molecule has 0 aromatic carbocycles. The number of amides is 1. The number of furan rings is 1. The maximum atomic E-state index is 12.4. The van der Waals surface area contributed by atoms with Gasteiger partial charge in [0.05, 0.1) is 19.3 Å². The van der Waals surface area contributed by atoms with Crippen LogP contribution in [0.2, 0.25) is 0 Å². The van der Waals surface area contributed by atoms with Crippen molar-refractivity contribution in [3.05, 3.63) is 42.1 Å². The first kappa shape index (κ1) is 16.7. The molecule has 1 aliphatic heterocycles. The van der Waals surface area contributed by atoms with Gasteiger partial charge in [-0.15, -0.1) is 0 Å². The Hall–Kier alpha value is -2.12. The summed E-state index contributed by atoms with van der Waals surface area (Å²) in [5.41, 5.74) is 0. The van der Waals surface area contributed by atoms with Crippen molar-refractivity contribution in [2.75, 3.05) is 32.8 Å². The second-order valence-corrected chi connectivity index (χ2v) is 6.02. The van der Waals surface area contributed by atoms with E-state index < -0.39 is 0 Å². The van der Waals surface area contributed by atoms with E-state index >= 15 is 0 Å². The van der Waals surface area contributed by atoms with E-state index in [1.807, 2.05) is 32.0 Å². The van der Waals surface area contributed by atoms with Crippen molar-refractivity contribution in [2.24, 2.45) is 0 Å². The van der Waals surface area contributed by atoms with Crippen LogP contribution < -0.4 is 5.32 Å². The minimum atomic E-state index is -0.344. The molecule has 1 fully saturated rings. The number of nitrogens with one attached hydrogen (secondary N) is 1. The minimum Gasteiger partial charge on any atom is -0.465 e. The summed E-state index contributed by atoms with van der Waals surface area (Å²) in [6.45, 7) is 7.32. The Kier molecular flexibility index (Phi) is 5.32. The van der Waals surface area contributed by atoms with Crippen molar-refractivity contribution < 1.29 is 13.9 Å². The van der Waals surface area contributed by atoms with Crippen molar-refractivity contribution in [2.45, 2.75) is 25.9 Å². The Bertz CT molecular complexity index is 647. The van der Waals surface area contributed by atoms with Crippen molar-refractivity contribution in [3.63, 3.8) is 0 Å². The second-order valence-electron chi connectivity index (χ2n) is 6.02. The Morgan fingerprint density at radius 3 is 2.79 bits per heavy atom. The maximum Gasteiger partial charge on any atom is 0.244 e.